The van der Waals surface area contributed by atoms with Crippen molar-refractivity contribution >= 4 is 27.1 Å². The van der Waals surface area contributed by atoms with Crippen LogP contribution in [0.1, 0.15) is 46.6 Å². The first-order valence-corrected chi connectivity index (χ1v) is 9.52. The van der Waals surface area contributed by atoms with Gasteiger partial charge in [0.05, 0.1) is 22.7 Å². The van der Waals surface area contributed by atoms with Crippen LogP contribution < -0.4 is 5.32 Å². The van der Waals surface area contributed by atoms with Crippen LogP contribution >= 0.6 is 11.3 Å². The van der Waals surface area contributed by atoms with Gasteiger partial charge in [-0.05, 0) is 39.0 Å². The smallest absolute Gasteiger partial charge is 0.280 e. The molecular formula is C13H18N2O3S2. The molecule has 1 saturated heterocycles. The van der Waals surface area contributed by atoms with Crippen LogP contribution in [0.4, 0.5) is 0 Å². The minimum absolute atomic E-state index is 0.0246. The zero-order valence-corrected chi connectivity index (χ0v) is 13.1. The average Bonchev–Trinajstić information content (AvgIpc) is 2.90. The van der Waals surface area contributed by atoms with E-state index < -0.39 is 15.4 Å². The summed E-state index contributed by atoms with van der Waals surface area (Å²) in [7, 11) is -3.02. The van der Waals surface area contributed by atoms with Gasteiger partial charge in [0.1, 0.15) is 0 Å². The SMILES string of the molecule is CC1(NC(=O)c2nc3c(s2)CCCC3)CCS(=O)(=O)C1. The summed E-state index contributed by atoms with van der Waals surface area (Å²) < 4.78 is 23.1. The number of carbonyl (C=O) groups is 1. The molecule has 1 unspecified atom stereocenters. The molecule has 2 heterocycles. The molecule has 1 aromatic heterocycles. The highest BCUT2D eigenvalue weighted by Gasteiger charge is 2.40. The van der Waals surface area contributed by atoms with E-state index >= 15 is 0 Å². The quantitative estimate of drug-likeness (QED) is 0.893. The van der Waals surface area contributed by atoms with Crippen molar-refractivity contribution in [1.82, 2.24) is 10.3 Å². The summed E-state index contributed by atoms with van der Waals surface area (Å²) in [6, 6.07) is 0. The van der Waals surface area contributed by atoms with Gasteiger partial charge in [-0.2, -0.15) is 0 Å². The van der Waals surface area contributed by atoms with Gasteiger partial charge in [0.2, 0.25) is 0 Å². The molecule has 1 amide bonds. The van der Waals surface area contributed by atoms with Crippen molar-refractivity contribution in [3.05, 3.63) is 15.6 Å². The molecule has 0 spiro atoms. The third-order valence-corrected chi connectivity index (χ3v) is 7.02. The Labute approximate surface area is 122 Å². The third kappa shape index (κ3) is 2.74. The predicted molar refractivity (Wildman–Crippen MR) is 77.9 cm³/mol. The molecule has 20 heavy (non-hydrogen) atoms. The number of thiazole rings is 1. The Balaban J connectivity index is 1.75. The number of aryl methyl sites for hydroxylation is 2. The average molecular weight is 314 g/mol. The highest BCUT2D eigenvalue weighted by molar-refractivity contribution is 7.91. The number of nitrogens with zero attached hydrogens (tertiary/aromatic N) is 1. The Hall–Kier alpha value is -0.950. The summed E-state index contributed by atoms with van der Waals surface area (Å²) in [5.41, 5.74) is 0.401. The summed E-state index contributed by atoms with van der Waals surface area (Å²) in [6.45, 7) is 1.79. The number of aromatic nitrogens is 1. The fourth-order valence-electron chi connectivity index (χ4n) is 2.89. The molecule has 0 saturated carbocycles. The van der Waals surface area contributed by atoms with Crippen molar-refractivity contribution in [2.45, 2.75) is 44.6 Å². The van der Waals surface area contributed by atoms with Gasteiger partial charge in [0.15, 0.2) is 14.8 Å². The van der Waals surface area contributed by atoms with E-state index in [1.165, 1.54) is 16.2 Å². The van der Waals surface area contributed by atoms with Crippen molar-refractivity contribution in [2.24, 2.45) is 0 Å². The Bertz CT molecular complexity index is 627. The van der Waals surface area contributed by atoms with Gasteiger partial charge in [0.25, 0.3) is 5.91 Å². The number of fused-ring (bicyclic) bond motifs is 1. The van der Waals surface area contributed by atoms with Crippen molar-refractivity contribution in [1.29, 1.82) is 0 Å². The van der Waals surface area contributed by atoms with Crippen LogP contribution in [0.5, 0.6) is 0 Å². The van der Waals surface area contributed by atoms with Crippen molar-refractivity contribution in [3.63, 3.8) is 0 Å². The van der Waals surface area contributed by atoms with Crippen LogP contribution in [0.3, 0.4) is 0 Å². The normalized spacial score (nSPS) is 28.1. The minimum atomic E-state index is -3.02. The number of hydrogen-bond donors (Lipinski definition) is 1. The molecule has 2 aliphatic rings. The molecule has 1 fully saturated rings. The zero-order chi connectivity index (χ0) is 14.4. The van der Waals surface area contributed by atoms with Gasteiger partial charge in [0, 0.05) is 4.88 Å². The summed E-state index contributed by atoms with van der Waals surface area (Å²) in [4.78, 5) is 17.9. The molecule has 0 aromatic carbocycles. The topological polar surface area (TPSA) is 76.1 Å². The molecule has 3 rings (SSSR count). The first-order valence-electron chi connectivity index (χ1n) is 6.88. The van der Waals surface area contributed by atoms with Crippen LogP contribution in [0.15, 0.2) is 0 Å². The second-order valence-corrected chi connectivity index (χ2v) is 9.22. The van der Waals surface area contributed by atoms with Gasteiger partial charge in [-0.15, -0.1) is 11.3 Å². The lowest BCUT2D eigenvalue weighted by molar-refractivity contribution is 0.0915. The van der Waals surface area contributed by atoms with Gasteiger partial charge in [-0.3, -0.25) is 4.79 Å². The highest BCUT2D eigenvalue weighted by Crippen LogP contribution is 2.28. The first-order chi connectivity index (χ1) is 9.37. The number of rotatable bonds is 2. The van der Waals surface area contributed by atoms with Crippen LogP contribution in [-0.2, 0) is 22.7 Å². The lowest BCUT2D eigenvalue weighted by Crippen LogP contribution is -2.46. The van der Waals surface area contributed by atoms with Crippen LogP contribution in [-0.4, -0.2) is 36.4 Å². The third-order valence-electron chi connectivity index (χ3n) is 3.96. The Morgan fingerprint density at radius 2 is 2.10 bits per heavy atom. The predicted octanol–water partition coefficient (Wildman–Crippen LogP) is 1.33. The number of nitrogens with one attached hydrogen (secondary N) is 1. The standard InChI is InChI=1S/C13H18N2O3S2/c1-13(6-7-20(17,18)8-13)15-11(16)12-14-9-4-2-3-5-10(9)19-12/h2-8H2,1H3,(H,15,16). The number of hydrogen-bond acceptors (Lipinski definition) is 5. The Morgan fingerprint density at radius 1 is 1.35 bits per heavy atom. The van der Waals surface area contributed by atoms with Crippen molar-refractivity contribution in [2.75, 3.05) is 11.5 Å². The Morgan fingerprint density at radius 3 is 2.75 bits per heavy atom. The summed E-state index contributed by atoms with van der Waals surface area (Å²) in [6.07, 6.45) is 4.73. The summed E-state index contributed by atoms with van der Waals surface area (Å²) in [5, 5.41) is 3.34. The molecule has 1 atom stereocenters. The van der Waals surface area contributed by atoms with Gasteiger partial charge in [-0.1, -0.05) is 0 Å². The van der Waals surface area contributed by atoms with E-state index in [0.717, 1.165) is 31.4 Å². The lowest BCUT2D eigenvalue weighted by Gasteiger charge is -2.22. The molecule has 7 heteroatoms. The van der Waals surface area contributed by atoms with E-state index in [4.69, 9.17) is 0 Å². The molecule has 5 nitrogen and oxygen atoms in total. The maximum absolute atomic E-state index is 12.3. The van der Waals surface area contributed by atoms with Crippen molar-refractivity contribution < 1.29 is 13.2 Å². The van der Waals surface area contributed by atoms with E-state index in [0.29, 0.717) is 11.4 Å². The lowest BCUT2D eigenvalue weighted by atomic mass is 10.0. The zero-order valence-electron chi connectivity index (χ0n) is 11.4. The first kappa shape index (κ1) is 14.0. The van der Waals surface area contributed by atoms with Gasteiger partial charge < -0.3 is 5.32 Å². The molecule has 1 aromatic rings. The highest BCUT2D eigenvalue weighted by atomic mass is 32.2. The van der Waals surface area contributed by atoms with Crippen LogP contribution in [0, 0.1) is 0 Å². The summed E-state index contributed by atoms with van der Waals surface area (Å²) in [5.74, 6) is -0.0568. The largest absolute Gasteiger partial charge is 0.344 e. The van der Waals surface area contributed by atoms with E-state index in [1.807, 2.05) is 0 Å². The minimum Gasteiger partial charge on any atom is -0.344 e. The fraction of sp³-hybridized carbons (Fsp3) is 0.692. The summed E-state index contributed by atoms with van der Waals surface area (Å²) >= 11 is 1.45. The maximum Gasteiger partial charge on any atom is 0.280 e. The van der Waals surface area contributed by atoms with E-state index in [-0.39, 0.29) is 17.4 Å². The van der Waals surface area contributed by atoms with Crippen LogP contribution in [0.25, 0.3) is 0 Å². The fourth-order valence-corrected chi connectivity index (χ4v) is 6.02. The molecular weight excluding hydrogens is 296 g/mol. The van der Waals surface area contributed by atoms with E-state index in [2.05, 4.69) is 10.3 Å². The second-order valence-electron chi connectivity index (χ2n) is 5.95. The molecule has 1 aliphatic heterocycles. The number of sulfone groups is 1. The van der Waals surface area contributed by atoms with E-state index in [1.54, 1.807) is 6.92 Å². The van der Waals surface area contributed by atoms with Crippen molar-refractivity contribution in [3.8, 4) is 0 Å². The maximum atomic E-state index is 12.3. The number of amides is 1. The van der Waals surface area contributed by atoms with Gasteiger partial charge >= 0.3 is 0 Å². The van der Waals surface area contributed by atoms with Gasteiger partial charge in [-0.25, -0.2) is 13.4 Å². The molecule has 110 valence electrons. The molecule has 1 N–H and O–H groups in total. The number of carbonyl (C=O) groups excluding carboxylic acids is 1. The molecule has 1 aliphatic carbocycles. The van der Waals surface area contributed by atoms with E-state index in [9.17, 15) is 13.2 Å². The van der Waals surface area contributed by atoms with Crippen LogP contribution in [0.2, 0.25) is 0 Å². The monoisotopic (exact) mass is 314 g/mol. The molecule has 0 radical (unpaired) electrons. The second kappa shape index (κ2) is 4.80. The Kier molecular flexibility index (Phi) is 3.36. The molecule has 0 bridgehead atoms.